The van der Waals surface area contributed by atoms with Gasteiger partial charge in [-0.2, -0.15) is 0 Å². The third kappa shape index (κ3) is 6.95. The summed E-state index contributed by atoms with van der Waals surface area (Å²) in [6.07, 6.45) is 1.56. The molecule has 3 heterocycles. The standard InChI is InChI=1S/C21H25N7O2S.C2H6/c1-15-23-18(13-19(24-15)28-9-7-27(8-10-28)11-12-29)26-21-22-14-17(31-21)20(30)25-16-5-3-2-4-6-16;1-2/h2-6,13-14,29H,7-12H2,1H3,(H,25,30)(H,22,23,24,26);1-2H3. The van der Waals surface area contributed by atoms with Crippen LogP contribution in [0.15, 0.2) is 42.6 Å². The van der Waals surface area contributed by atoms with Gasteiger partial charge in [-0.05, 0) is 19.1 Å². The number of nitrogens with zero attached hydrogens (tertiary/aromatic N) is 5. The molecule has 0 bridgehead atoms. The van der Waals surface area contributed by atoms with E-state index in [1.807, 2.05) is 57.2 Å². The molecule has 0 spiro atoms. The van der Waals surface area contributed by atoms with E-state index in [2.05, 4.69) is 35.4 Å². The maximum absolute atomic E-state index is 12.4. The number of aliphatic hydroxyl groups excluding tert-OH is 1. The van der Waals surface area contributed by atoms with Gasteiger partial charge >= 0.3 is 0 Å². The van der Waals surface area contributed by atoms with E-state index in [-0.39, 0.29) is 12.5 Å². The number of aromatic nitrogens is 3. The molecule has 10 heteroatoms. The van der Waals surface area contributed by atoms with Crippen molar-refractivity contribution in [3.8, 4) is 0 Å². The number of carbonyl (C=O) groups is 1. The number of aliphatic hydroxyl groups is 1. The molecule has 1 aliphatic rings. The second kappa shape index (κ2) is 12.2. The van der Waals surface area contributed by atoms with Crippen molar-refractivity contribution in [2.24, 2.45) is 0 Å². The number of rotatable bonds is 7. The lowest BCUT2D eigenvalue weighted by Gasteiger charge is -2.35. The number of para-hydroxylation sites is 1. The van der Waals surface area contributed by atoms with Crippen molar-refractivity contribution in [3.63, 3.8) is 0 Å². The van der Waals surface area contributed by atoms with Gasteiger partial charge in [0.2, 0.25) is 0 Å². The maximum atomic E-state index is 12.4. The van der Waals surface area contributed by atoms with Gasteiger partial charge < -0.3 is 20.6 Å². The second-order valence-electron chi connectivity index (χ2n) is 7.19. The van der Waals surface area contributed by atoms with Crippen LogP contribution in [-0.4, -0.2) is 70.2 Å². The number of hydrogen-bond acceptors (Lipinski definition) is 9. The smallest absolute Gasteiger partial charge is 0.267 e. The molecular weight excluding hydrogens is 438 g/mol. The van der Waals surface area contributed by atoms with E-state index in [1.54, 1.807) is 6.20 Å². The summed E-state index contributed by atoms with van der Waals surface area (Å²) in [6.45, 7) is 10.2. The van der Waals surface area contributed by atoms with E-state index in [0.717, 1.165) is 37.7 Å². The maximum Gasteiger partial charge on any atom is 0.267 e. The van der Waals surface area contributed by atoms with Crippen LogP contribution in [0.4, 0.5) is 22.5 Å². The van der Waals surface area contributed by atoms with E-state index >= 15 is 0 Å². The fraction of sp³-hybridized carbons (Fsp3) is 0.391. The van der Waals surface area contributed by atoms with Gasteiger partial charge in [-0.3, -0.25) is 9.69 Å². The Morgan fingerprint density at radius 1 is 1.12 bits per heavy atom. The summed E-state index contributed by atoms with van der Waals surface area (Å²) < 4.78 is 0. The van der Waals surface area contributed by atoms with Crippen LogP contribution in [0.5, 0.6) is 0 Å². The first-order valence-electron chi connectivity index (χ1n) is 11.1. The van der Waals surface area contributed by atoms with Gasteiger partial charge in [0.05, 0.1) is 12.8 Å². The fourth-order valence-corrected chi connectivity index (χ4v) is 4.10. The number of nitrogens with one attached hydrogen (secondary N) is 2. The topological polar surface area (TPSA) is 107 Å². The largest absolute Gasteiger partial charge is 0.395 e. The Bertz CT molecular complexity index is 1020. The van der Waals surface area contributed by atoms with Crippen molar-refractivity contribution in [2.45, 2.75) is 20.8 Å². The van der Waals surface area contributed by atoms with E-state index in [0.29, 0.717) is 28.2 Å². The van der Waals surface area contributed by atoms with E-state index in [9.17, 15) is 4.79 Å². The Kier molecular flexibility index (Phi) is 9.11. The van der Waals surface area contributed by atoms with Crippen molar-refractivity contribution in [3.05, 3.63) is 53.3 Å². The quantitative estimate of drug-likeness (QED) is 0.484. The average Bonchev–Trinajstić information content (AvgIpc) is 3.30. The SMILES string of the molecule is CC.Cc1nc(Nc2ncc(C(=O)Nc3ccccc3)s2)cc(N2CCN(CCO)CC2)n1. The monoisotopic (exact) mass is 469 g/mol. The second-order valence-corrected chi connectivity index (χ2v) is 8.22. The molecule has 0 aliphatic carbocycles. The minimum Gasteiger partial charge on any atom is -0.395 e. The summed E-state index contributed by atoms with van der Waals surface area (Å²) in [7, 11) is 0. The van der Waals surface area contributed by atoms with Crippen molar-refractivity contribution in [2.75, 3.05) is 54.9 Å². The number of piperazine rings is 1. The summed E-state index contributed by atoms with van der Waals surface area (Å²) in [6, 6.07) is 11.2. The van der Waals surface area contributed by atoms with Gasteiger partial charge in [0.15, 0.2) is 5.13 Å². The van der Waals surface area contributed by atoms with Crippen molar-refractivity contribution in [1.29, 1.82) is 0 Å². The molecule has 0 radical (unpaired) electrons. The third-order valence-corrected chi connectivity index (χ3v) is 5.84. The number of thiazole rings is 1. The Labute approximate surface area is 198 Å². The molecule has 9 nitrogen and oxygen atoms in total. The summed E-state index contributed by atoms with van der Waals surface area (Å²) in [5, 5.41) is 15.8. The highest BCUT2D eigenvalue weighted by Crippen LogP contribution is 2.25. The first kappa shape index (κ1) is 24.6. The number of benzene rings is 1. The number of hydrogen-bond donors (Lipinski definition) is 3. The van der Waals surface area contributed by atoms with Crippen molar-refractivity contribution >= 4 is 39.7 Å². The number of β-amino-alcohol motifs (C(OH)–C–C–N with tert-alkyl or cyclic N) is 1. The molecule has 1 amide bonds. The third-order valence-electron chi connectivity index (χ3n) is 4.93. The first-order valence-corrected chi connectivity index (χ1v) is 12.0. The molecule has 4 rings (SSSR count). The Balaban J connectivity index is 0.00000149. The average molecular weight is 470 g/mol. The number of anilines is 4. The van der Waals surface area contributed by atoms with Crippen LogP contribution in [0.2, 0.25) is 0 Å². The molecule has 3 aromatic rings. The van der Waals surface area contributed by atoms with Crippen molar-refractivity contribution in [1.82, 2.24) is 19.9 Å². The van der Waals surface area contributed by atoms with Crippen LogP contribution >= 0.6 is 11.3 Å². The van der Waals surface area contributed by atoms with Crippen LogP contribution in [0, 0.1) is 6.92 Å². The first-order chi connectivity index (χ1) is 16.1. The molecule has 2 aromatic heterocycles. The summed E-state index contributed by atoms with van der Waals surface area (Å²) in [4.78, 5) is 30.8. The number of aryl methyl sites for hydroxylation is 1. The predicted molar refractivity (Wildman–Crippen MR) is 134 cm³/mol. The molecule has 1 saturated heterocycles. The molecule has 1 fully saturated rings. The fourth-order valence-electron chi connectivity index (χ4n) is 3.38. The van der Waals surface area contributed by atoms with Gasteiger partial charge in [-0.1, -0.05) is 43.4 Å². The zero-order chi connectivity index (χ0) is 23.6. The lowest BCUT2D eigenvalue weighted by atomic mass is 10.3. The Hall–Kier alpha value is -3.08. The molecule has 33 heavy (non-hydrogen) atoms. The highest BCUT2D eigenvalue weighted by Gasteiger charge is 2.19. The zero-order valence-electron chi connectivity index (χ0n) is 19.3. The number of amides is 1. The lowest BCUT2D eigenvalue weighted by molar-refractivity contribution is 0.103. The van der Waals surface area contributed by atoms with Crippen LogP contribution in [0.1, 0.15) is 29.3 Å². The molecule has 0 atom stereocenters. The molecule has 3 N–H and O–H groups in total. The molecular formula is C23H31N7O2S. The van der Waals surface area contributed by atoms with E-state index in [1.165, 1.54) is 11.3 Å². The highest BCUT2D eigenvalue weighted by atomic mass is 32.1. The summed E-state index contributed by atoms with van der Waals surface area (Å²) in [5.41, 5.74) is 0.741. The number of carbonyl (C=O) groups excluding carboxylic acids is 1. The van der Waals surface area contributed by atoms with Crippen molar-refractivity contribution < 1.29 is 9.90 Å². The molecule has 1 aromatic carbocycles. The van der Waals surface area contributed by atoms with Gasteiger partial charge in [-0.15, -0.1) is 0 Å². The van der Waals surface area contributed by atoms with Crippen LogP contribution in [-0.2, 0) is 0 Å². The zero-order valence-corrected chi connectivity index (χ0v) is 20.1. The van der Waals surface area contributed by atoms with Gasteiger partial charge in [0, 0.05) is 44.5 Å². The molecule has 176 valence electrons. The molecule has 0 unspecified atom stereocenters. The van der Waals surface area contributed by atoms with E-state index < -0.39 is 0 Å². The Morgan fingerprint density at radius 2 is 1.85 bits per heavy atom. The van der Waals surface area contributed by atoms with Gasteiger partial charge in [-0.25, -0.2) is 15.0 Å². The van der Waals surface area contributed by atoms with Gasteiger partial charge in [0.1, 0.15) is 22.3 Å². The lowest BCUT2D eigenvalue weighted by Crippen LogP contribution is -2.47. The van der Waals surface area contributed by atoms with Crippen LogP contribution in [0.25, 0.3) is 0 Å². The predicted octanol–water partition coefficient (Wildman–Crippen LogP) is 3.38. The minimum atomic E-state index is -0.197. The summed E-state index contributed by atoms with van der Waals surface area (Å²) in [5.74, 6) is 1.97. The van der Waals surface area contributed by atoms with Crippen LogP contribution < -0.4 is 15.5 Å². The van der Waals surface area contributed by atoms with Crippen LogP contribution in [0.3, 0.4) is 0 Å². The Morgan fingerprint density at radius 3 is 2.55 bits per heavy atom. The molecule has 0 saturated carbocycles. The summed E-state index contributed by atoms with van der Waals surface area (Å²) >= 11 is 1.27. The highest BCUT2D eigenvalue weighted by molar-refractivity contribution is 7.17. The van der Waals surface area contributed by atoms with E-state index in [4.69, 9.17) is 5.11 Å². The van der Waals surface area contributed by atoms with Gasteiger partial charge in [0.25, 0.3) is 5.91 Å². The molecule has 1 aliphatic heterocycles. The minimum absolute atomic E-state index is 0.180. The normalized spacial score (nSPS) is 13.8.